The molecule has 0 aromatic carbocycles. The minimum atomic E-state index is -0.396. The highest BCUT2D eigenvalue weighted by molar-refractivity contribution is 5.00. The van der Waals surface area contributed by atoms with E-state index in [0.717, 1.165) is 31.6 Å². The van der Waals surface area contributed by atoms with Crippen LogP contribution in [0.25, 0.3) is 0 Å². The SMILES string of the molecule is CC1CCC(C#N)(CO)CC1. The van der Waals surface area contributed by atoms with Gasteiger partial charge in [0.2, 0.25) is 0 Å². The monoisotopic (exact) mass is 153 g/mol. The first kappa shape index (κ1) is 8.55. The van der Waals surface area contributed by atoms with Crippen molar-refractivity contribution in [2.24, 2.45) is 11.3 Å². The summed E-state index contributed by atoms with van der Waals surface area (Å²) in [5, 5.41) is 17.8. The number of nitrogens with zero attached hydrogens (tertiary/aromatic N) is 1. The molecule has 0 aromatic rings. The molecule has 1 rings (SSSR count). The molecule has 2 nitrogen and oxygen atoms in total. The van der Waals surface area contributed by atoms with Crippen molar-refractivity contribution in [2.75, 3.05) is 6.61 Å². The molecule has 0 saturated heterocycles. The first-order valence-corrected chi connectivity index (χ1v) is 4.24. The molecule has 62 valence electrons. The van der Waals surface area contributed by atoms with Crippen LogP contribution >= 0.6 is 0 Å². The van der Waals surface area contributed by atoms with E-state index in [4.69, 9.17) is 10.4 Å². The molecule has 0 aromatic heterocycles. The Morgan fingerprint density at radius 1 is 1.55 bits per heavy atom. The Kier molecular flexibility index (Phi) is 2.51. The van der Waals surface area contributed by atoms with Crippen LogP contribution < -0.4 is 0 Å². The zero-order chi connectivity index (χ0) is 8.32. The number of hydrogen-bond acceptors (Lipinski definition) is 2. The summed E-state index contributed by atoms with van der Waals surface area (Å²) in [5.74, 6) is 0.739. The Labute approximate surface area is 67.8 Å². The minimum Gasteiger partial charge on any atom is -0.395 e. The second kappa shape index (κ2) is 3.23. The molecule has 0 amide bonds. The lowest BCUT2D eigenvalue weighted by atomic mass is 9.72. The molecule has 1 aliphatic rings. The summed E-state index contributed by atoms with van der Waals surface area (Å²) in [4.78, 5) is 0. The van der Waals surface area contributed by atoms with E-state index in [-0.39, 0.29) is 6.61 Å². The molecule has 0 heterocycles. The van der Waals surface area contributed by atoms with Crippen LogP contribution in [0.4, 0.5) is 0 Å². The fraction of sp³-hybridized carbons (Fsp3) is 0.889. The van der Waals surface area contributed by atoms with Crippen LogP contribution in [0.5, 0.6) is 0 Å². The lowest BCUT2D eigenvalue weighted by molar-refractivity contribution is 0.117. The Balaban J connectivity index is 2.54. The normalized spacial score (nSPS) is 38.1. The predicted octanol–water partition coefficient (Wildman–Crippen LogP) is 1.70. The van der Waals surface area contributed by atoms with E-state index in [2.05, 4.69) is 13.0 Å². The molecular weight excluding hydrogens is 138 g/mol. The van der Waals surface area contributed by atoms with Crippen LogP contribution in [0.3, 0.4) is 0 Å². The van der Waals surface area contributed by atoms with Crippen molar-refractivity contribution in [1.29, 1.82) is 5.26 Å². The fourth-order valence-corrected chi connectivity index (χ4v) is 1.62. The van der Waals surface area contributed by atoms with E-state index in [9.17, 15) is 0 Å². The number of hydrogen-bond donors (Lipinski definition) is 1. The number of rotatable bonds is 1. The third-order valence-electron chi connectivity index (χ3n) is 2.77. The van der Waals surface area contributed by atoms with Gasteiger partial charge in [-0.05, 0) is 31.6 Å². The van der Waals surface area contributed by atoms with Gasteiger partial charge in [0.05, 0.1) is 18.1 Å². The van der Waals surface area contributed by atoms with Gasteiger partial charge in [-0.15, -0.1) is 0 Å². The molecular formula is C9H15NO. The largest absolute Gasteiger partial charge is 0.395 e. The van der Waals surface area contributed by atoms with E-state index < -0.39 is 5.41 Å². The standard InChI is InChI=1S/C9H15NO/c1-8-2-4-9(6-10,7-11)5-3-8/h8,11H,2-5,7H2,1H3. The molecule has 0 radical (unpaired) electrons. The maximum absolute atomic E-state index is 9.01. The van der Waals surface area contributed by atoms with Crippen LogP contribution in [-0.2, 0) is 0 Å². The van der Waals surface area contributed by atoms with Gasteiger partial charge in [0.1, 0.15) is 0 Å². The summed E-state index contributed by atoms with van der Waals surface area (Å²) >= 11 is 0. The number of aliphatic hydroxyl groups excluding tert-OH is 1. The van der Waals surface area contributed by atoms with Gasteiger partial charge in [-0.25, -0.2) is 0 Å². The molecule has 0 spiro atoms. The van der Waals surface area contributed by atoms with Crippen molar-refractivity contribution in [3.05, 3.63) is 0 Å². The Morgan fingerprint density at radius 2 is 2.09 bits per heavy atom. The van der Waals surface area contributed by atoms with E-state index >= 15 is 0 Å². The highest BCUT2D eigenvalue weighted by atomic mass is 16.3. The Morgan fingerprint density at radius 3 is 2.45 bits per heavy atom. The fourth-order valence-electron chi connectivity index (χ4n) is 1.62. The van der Waals surface area contributed by atoms with Crippen LogP contribution in [0.1, 0.15) is 32.6 Å². The molecule has 1 N–H and O–H groups in total. The van der Waals surface area contributed by atoms with E-state index in [1.165, 1.54) is 0 Å². The first-order chi connectivity index (χ1) is 5.22. The van der Waals surface area contributed by atoms with E-state index in [1.54, 1.807) is 0 Å². The van der Waals surface area contributed by atoms with Crippen molar-refractivity contribution in [3.8, 4) is 6.07 Å². The van der Waals surface area contributed by atoms with Crippen LogP contribution in [0, 0.1) is 22.7 Å². The average Bonchev–Trinajstić information content (AvgIpc) is 2.07. The van der Waals surface area contributed by atoms with Gasteiger partial charge in [0.15, 0.2) is 0 Å². The quantitative estimate of drug-likeness (QED) is 0.623. The second-order valence-electron chi connectivity index (χ2n) is 3.73. The molecule has 2 heteroatoms. The second-order valence-corrected chi connectivity index (χ2v) is 3.73. The molecule has 0 atom stereocenters. The topological polar surface area (TPSA) is 44.0 Å². The van der Waals surface area contributed by atoms with Gasteiger partial charge in [0, 0.05) is 0 Å². The zero-order valence-electron chi connectivity index (χ0n) is 7.01. The molecule has 1 fully saturated rings. The smallest absolute Gasteiger partial charge is 0.0804 e. The Hall–Kier alpha value is -0.550. The zero-order valence-corrected chi connectivity index (χ0v) is 7.01. The van der Waals surface area contributed by atoms with Crippen LogP contribution in [0.15, 0.2) is 0 Å². The van der Waals surface area contributed by atoms with E-state index in [1.807, 2.05) is 0 Å². The van der Waals surface area contributed by atoms with Crippen molar-refractivity contribution in [2.45, 2.75) is 32.6 Å². The number of aliphatic hydroxyl groups is 1. The highest BCUT2D eigenvalue weighted by Crippen LogP contribution is 2.37. The van der Waals surface area contributed by atoms with Crippen molar-refractivity contribution >= 4 is 0 Å². The van der Waals surface area contributed by atoms with Crippen molar-refractivity contribution in [3.63, 3.8) is 0 Å². The number of nitriles is 1. The molecule has 0 aliphatic heterocycles. The summed E-state index contributed by atoms with van der Waals surface area (Å²) in [6.45, 7) is 2.24. The van der Waals surface area contributed by atoms with Crippen LogP contribution in [0.2, 0.25) is 0 Å². The van der Waals surface area contributed by atoms with Gasteiger partial charge in [-0.2, -0.15) is 5.26 Å². The summed E-state index contributed by atoms with van der Waals surface area (Å²) in [7, 11) is 0. The van der Waals surface area contributed by atoms with Gasteiger partial charge in [-0.1, -0.05) is 6.92 Å². The van der Waals surface area contributed by atoms with Gasteiger partial charge >= 0.3 is 0 Å². The highest BCUT2D eigenvalue weighted by Gasteiger charge is 2.33. The molecule has 1 saturated carbocycles. The van der Waals surface area contributed by atoms with E-state index in [0.29, 0.717) is 0 Å². The summed E-state index contributed by atoms with van der Waals surface area (Å²) in [6, 6.07) is 2.24. The summed E-state index contributed by atoms with van der Waals surface area (Å²) in [6.07, 6.45) is 3.94. The van der Waals surface area contributed by atoms with Gasteiger partial charge < -0.3 is 5.11 Å². The minimum absolute atomic E-state index is 0.0379. The summed E-state index contributed by atoms with van der Waals surface area (Å²) < 4.78 is 0. The Bertz CT molecular complexity index is 163. The first-order valence-electron chi connectivity index (χ1n) is 4.24. The van der Waals surface area contributed by atoms with Crippen molar-refractivity contribution in [1.82, 2.24) is 0 Å². The van der Waals surface area contributed by atoms with Crippen molar-refractivity contribution < 1.29 is 5.11 Å². The maximum atomic E-state index is 9.01. The molecule has 0 unspecified atom stereocenters. The predicted molar refractivity (Wildman–Crippen MR) is 42.8 cm³/mol. The molecule has 11 heavy (non-hydrogen) atoms. The van der Waals surface area contributed by atoms with Gasteiger partial charge in [0.25, 0.3) is 0 Å². The maximum Gasteiger partial charge on any atom is 0.0804 e. The summed E-state index contributed by atoms with van der Waals surface area (Å²) in [5.41, 5.74) is -0.396. The third kappa shape index (κ3) is 1.72. The van der Waals surface area contributed by atoms with Crippen LogP contribution in [-0.4, -0.2) is 11.7 Å². The average molecular weight is 153 g/mol. The lowest BCUT2D eigenvalue weighted by Gasteiger charge is -2.31. The van der Waals surface area contributed by atoms with Gasteiger partial charge in [-0.3, -0.25) is 0 Å². The molecule has 1 aliphatic carbocycles. The third-order valence-corrected chi connectivity index (χ3v) is 2.77. The lowest BCUT2D eigenvalue weighted by Crippen LogP contribution is -2.28. The molecule has 0 bridgehead atoms.